The van der Waals surface area contributed by atoms with E-state index < -0.39 is 5.97 Å². The first-order valence-electron chi connectivity index (χ1n) is 8.04. The summed E-state index contributed by atoms with van der Waals surface area (Å²) >= 11 is 0. The third-order valence-corrected chi connectivity index (χ3v) is 4.27. The molecule has 1 aliphatic rings. The van der Waals surface area contributed by atoms with Crippen LogP contribution in [0.3, 0.4) is 0 Å². The van der Waals surface area contributed by atoms with Crippen molar-refractivity contribution in [2.45, 2.75) is 38.8 Å². The highest BCUT2D eigenvalue weighted by Crippen LogP contribution is 2.27. The maximum absolute atomic E-state index is 12.1. The number of rotatable bonds is 6. The van der Waals surface area contributed by atoms with Gasteiger partial charge in [0.25, 0.3) is 0 Å². The molecule has 7 heteroatoms. The first-order valence-corrected chi connectivity index (χ1v) is 8.04. The molecule has 3 rings (SSSR count). The number of nitrogens with zero attached hydrogens (tertiary/aromatic N) is 3. The molecule has 0 radical (unpaired) electrons. The number of hydrogen-bond acceptors (Lipinski definition) is 4. The van der Waals surface area contributed by atoms with Crippen LogP contribution in [0.15, 0.2) is 30.5 Å². The average molecular weight is 328 g/mol. The van der Waals surface area contributed by atoms with Crippen LogP contribution in [0.1, 0.15) is 29.7 Å². The van der Waals surface area contributed by atoms with Gasteiger partial charge in [0.05, 0.1) is 12.7 Å². The van der Waals surface area contributed by atoms with Crippen molar-refractivity contribution < 1.29 is 14.7 Å². The standard InChI is InChI=1S/C17H20N4O3/c22-16(18-9-15-10-21(20-19-15)11-17(23)24)8-12-5-6-13-3-1-2-4-14(13)7-12/h1-4,10,12H,5-9,11H2,(H,18,22)(H,23,24). The van der Waals surface area contributed by atoms with Crippen LogP contribution in [0.2, 0.25) is 0 Å². The molecule has 0 saturated carbocycles. The first kappa shape index (κ1) is 16.2. The molecule has 24 heavy (non-hydrogen) atoms. The second-order valence-corrected chi connectivity index (χ2v) is 6.16. The van der Waals surface area contributed by atoms with E-state index in [-0.39, 0.29) is 19.0 Å². The first-order chi connectivity index (χ1) is 11.6. The molecular weight excluding hydrogens is 308 g/mol. The molecule has 1 atom stereocenters. The summed E-state index contributed by atoms with van der Waals surface area (Å²) in [4.78, 5) is 22.7. The summed E-state index contributed by atoms with van der Waals surface area (Å²) in [6, 6.07) is 8.40. The van der Waals surface area contributed by atoms with Crippen LogP contribution in [0.5, 0.6) is 0 Å². The van der Waals surface area contributed by atoms with Crippen LogP contribution in [0.25, 0.3) is 0 Å². The number of carbonyl (C=O) groups is 2. The van der Waals surface area contributed by atoms with Gasteiger partial charge in [0.2, 0.25) is 5.91 Å². The second kappa shape index (κ2) is 7.25. The lowest BCUT2D eigenvalue weighted by atomic mass is 9.82. The van der Waals surface area contributed by atoms with E-state index in [0.29, 0.717) is 18.0 Å². The molecule has 0 spiro atoms. The average Bonchev–Trinajstić information content (AvgIpc) is 2.99. The van der Waals surface area contributed by atoms with Gasteiger partial charge in [-0.15, -0.1) is 5.10 Å². The molecule has 0 saturated heterocycles. The lowest BCUT2D eigenvalue weighted by Crippen LogP contribution is -2.27. The Bertz CT molecular complexity index is 741. The Morgan fingerprint density at radius 2 is 2.08 bits per heavy atom. The van der Waals surface area contributed by atoms with Crippen LogP contribution in [-0.4, -0.2) is 32.0 Å². The van der Waals surface area contributed by atoms with Gasteiger partial charge >= 0.3 is 5.97 Å². The van der Waals surface area contributed by atoms with Gasteiger partial charge in [0.15, 0.2) is 0 Å². The van der Waals surface area contributed by atoms with E-state index in [9.17, 15) is 9.59 Å². The fraction of sp³-hybridized carbons (Fsp3) is 0.412. The van der Waals surface area contributed by atoms with E-state index in [1.165, 1.54) is 22.0 Å². The molecule has 1 heterocycles. The molecule has 1 amide bonds. The zero-order valence-electron chi connectivity index (χ0n) is 13.3. The minimum Gasteiger partial charge on any atom is -0.480 e. The predicted molar refractivity (Wildman–Crippen MR) is 86.1 cm³/mol. The molecule has 7 nitrogen and oxygen atoms in total. The quantitative estimate of drug-likeness (QED) is 0.830. The van der Waals surface area contributed by atoms with Crippen LogP contribution in [0.4, 0.5) is 0 Å². The molecule has 0 bridgehead atoms. The van der Waals surface area contributed by atoms with Crippen LogP contribution >= 0.6 is 0 Å². The summed E-state index contributed by atoms with van der Waals surface area (Å²) in [5.41, 5.74) is 3.29. The van der Waals surface area contributed by atoms with Gasteiger partial charge in [0.1, 0.15) is 12.2 Å². The Hall–Kier alpha value is -2.70. The van der Waals surface area contributed by atoms with Crippen molar-refractivity contribution in [2.24, 2.45) is 5.92 Å². The molecule has 126 valence electrons. The molecule has 1 aliphatic carbocycles. The van der Waals surface area contributed by atoms with Crippen LogP contribution < -0.4 is 5.32 Å². The maximum Gasteiger partial charge on any atom is 0.325 e. The van der Waals surface area contributed by atoms with Gasteiger partial charge in [-0.1, -0.05) is 29.5 Å². The fourth-order valence-electron chi connectivity index (χ4n) is 3.11. The second-order valence-electron chi connectivity index (χ2n) is 6.16. The lowest BCUT2D eigenvalue weighted by Gasteiger charge is -2.24. The molecule has 2 aromatic rings. The Kier molecular flexibility index (Phi) is 4.88. The van der Waals surface area contributed by atoms with Crippen molar-refractivity contribution in [1.29, 1.82) is 0 Å². The van der Waals surface area contributed by atoms with Crippen LogP contribution in [-0.2, 0) is 35.5 Å². The summed E-state index contributed by atoms with van der Waals surface area (Å²) < 4.78 is 1.24. The topological polar surface area (TPSA) is 97.1 Å². The number of carboxylic acids is 1. The summed E-state index contributed by atoms with van der Waals surface area (Å²) in [6.45, 7) is 0.0319. The summed E-state index contributed by atoms with van der Waals surface area (Å²) in [5, 5.41) is 19.1. The minimum absolute atomic E-state index is 0.00725. The number of carbonyl (C=O) groups excluding carboxylic acids is 1. The number of nitrogens with one attached hydrogen (secondary N) is 1. The fourth-order valence-corrected chi connectivity index (χ4v) is 3.11. The van der Waals surface area contributed by atoms with Crippen molar-refractivity contribution >= 4 is 11.9 Å². The lowest BCUT2D eigenvalue weighted by molar-refractivity contribution is -0.138. The normalized spacial score (nSPS) is 16.4. The number of aliphatic carboxylic acids is 1. The highest BCUT2D eigenvalue weighted by atomic mass is 16.4. The zero-order valence-corrected chi connectivity index (χ0v) is 13.3. The number of fused-ring (bicyclic) bond motifs is 1. The van der Waals surface area contributed by atoms with Crippen molar-refractivity contribution in [3.63, 3.8) is 0 Å². The highest BCUT2D eigenvalue weighted by Gasteiger charge is 2.20. The molecule has 2 N–H and O–H groups in total. The van der Waals surface area contributed by atoms with Crippen molar-refractivity contribution in [2.75, 3.05) is 0 Å². The Labute approximate surface area is 139 Å². The van der Waals surface area contributed by atoms with E-state index in [0.717, 1.165) is 19.3 Å². The van der Waals surface area contributed by atoms with Crippen molar-refractivity contribution in [3.05, 3.63) is 47.3 Å². The molecule has 0 aliphatic heterocycles. The van der Waals surface area contributed by atoms with E-state index >= 15 is 0 Å². The highest BCUT2D eigenvalue weighted by molar-refractivity contribution is 5.76. The van der Waals surface area contributed by atoms with Crippen molar-refractivity contribution in [1.82, 2.24) is 20.3 Å². The zero-order chi connectivity index (χ0) is 16.9. The summed E-state index contributed by atoms with van der Waals surface area (Å²) in [6.07, 6.45) is 5.03. The number of hydrogen-bond donors (Lipinski definition) is 2. The SMILES string of the molecule is O=C(O)Cn1cc(CNC(=O)CC2CCc3ccccc3C2)nn1. The van der Waals surface area contributed by atoms with Gasteiger partial charge in [-0.3, -0.25) is 9.59 Å². The number of carboxylic acid groups (broad SMARTS) is 1. The summed E-state index contributed by atoms with van der Waals surface area (Å²) in [5.74, 6) is -0.622. The van der Waals surface area contributed by atoms with Gasteiger partial charge < -0.3 is 10.4 Å². The maximum atomic E-state index is 12.1. The van der Waals surface area contributed by atoms with Gasteiger partial charge in [-0.25, -0.2) is 4.68 Å². The predicted octanol–water partition coefficient (Wildman–Crippen LogP) is 1.17. The largest absolute Gasteiger partial charge is 0.480 e. The monoisotopic (exact) mass is 328 g/mol. The van der Waals surface area contributed by atoms with Gasteiger partial charge in [-0.2, -0.15) is 0 Å². The van der Waals surface area contributed by atoms with Gasteiger partial charge in [0, 0.05) is 6.42 Å². The Balaban J connectivity index is 1.46. The van der Waals surface area contributed by atoms with Crippen LogP contribution in [0, 0.1) is 5.92 Å². The minimum atomic E-state index is -0.979. The van der Waals surface area contributed by atoms with Gasteiger partial charge in [-0.05, 0) is 36.3 Å². The molecule has 1 aromatic heterocycles. The third kappa shape index (κ3) is 4.18. The van der Waals surface area contributed by atoms with E-state index in [1.807, 2.05) is 6.07 Å². The number of aryl methyl sites for hydroxylation is 1. The number of benzene rings is 1. The third-order valence-electron chi connectivity index (χ3n) is 4.27. The Morgan fingerprint density at radius 3 is 2.88 bits per heavy atom. The molecular formula is C17H20N4O3. The van der Waals surface area contributed by atoms with E-state index in [2.05, 4.69) is 33.8 Å². The molecule has 1 unspecified atom stereocenters. The summed E-state index contributed by atoms with van der Waals surface area (Å²) in [7, 11) is 0. The Morgan fingerprint density at radius 1 is 1.29 bits per heavy atom. The van der Waals surface area contributed by atoms with E-state index in [4.69, 9.17) is 5.11 Å². The molecule has 0 fully saturated rings. The van der Waals surface area contributed by atoms with E-state index in [1.54, 1.807) is 0 Å². The van der Waals surface area contributed by atoms with Crippen molar-refractivity contribution in [3.8, 4) is 0 Å². The number of amides is 1. The molecule has 1 aromatic carbocycles. The number of aromatic nitrogens is 3. The smallest absolute Gasteiger partial charge is 0.325 e.